The number of rotatable bonds is 0. The first kappa shape index (κ1) is 12.4. The van der Waals surface area contributed by atoms with Gasteiger partial charge in [0.1, 0.15) is 30.0 Å². The lowest BCUT2D eigenvalue weighted by Crippen LogP contribution is -2.41. The van der Waals surface area contributed by atoms with Crippen molar-refractivity contribution in [2.45, 2.75) is 17.6 Å². The summed E-state index contributed by atoms with van der Waals surface area (Å²) in [5.74, 6) is 0.720. The normalized spacial score (nSPS) is 35.0. The predicted molar refractivity (Wildman–Crippen MR) is 78.3 cm³/mol. The van der Waals surface area contributed by atoms with Gasteiger partial charge in [0.15, 0.2) is 0 Å². The van der Waals surface area contributed by atoms with E-state index in [1.54, 1.807) is 0 Å². The molecule has 5 rings (SSSR count). The number of benzene rings is 1. The summed E-state index contributed by atoms with van der Waals surface area (Å²) in [6, 6.07) is 7.80. The Bertz CT molecular complexity index is 738. The van der Waals surface area contributed by atoms with Crippen molar-refractivity contribution < 1.29 is 19.0 Å². The van der Waals surface area contributed by atoms with Crippen LogP contribution in [0.25, 0.3) is 0 Å². The molecule has 0 radical (unpaired) electrons. The van der Waals surface area contributed by atoms with Crippen molar-refractivity contribution in [1.82, 2.24) is 0 Å². The van der Waals surface area contributed by atoms with Crippen LogP contribution in [0.4, 0.5) is 5.69 Å². The van der Waals surface area contributed by atoms with Crippen molar-refractivity contribution in [3.63, 3.8) is 0 Å². The van der Waals surface area contributed by atoms with E-state index >= 15 is 0 Å². The molecule has 1 amide bonds. The number of para-hydroxylation sites is 1. The van der Waals surface area contributed by atoms with Gasteiger partial charge in [0.25, 0.3) is 0 Å². The Balaban J connectivity index is 1.67. The van der Waals surface area contributed by atoms with Crippen LogP contribution in [0.5, 0.6) is 0 Å². The molecule has 1 N–H and O–H groups in total. The van der Waals surface area contributed by atoms with E-state index < -0.39 is 5.41 Å². The largest absolute Gasteiger partial charge is 0.492 e. The Hall–Kier alpha value is -2.11. The Morgan fingerprint density at radius 1 is 1.09 bits per heavy atom. The van der Waals surface area contributed by atoms with Crippen LogP contribution in [-0.4, -0.2) is 37.9 Å². The summed E-state index contributed by atoms with van der Waals surface area (Å²) in [7, 11) is 0. The highest BCUT2D eigenvalue weighted by Gasteiger charge is 2.56. The fourth-order valence-corrected chi connectivity index (χ4v) is 3.80. The molecule has 4 aliphatic rings. The molecular formula is C17H15NO4. The highest BCUT2D eigenvalue weighted by molar-refractivity contribution is 6.09. The molecule has 112 valence electrons. The van der Waals surface area contributed by atoms with Crippen LogP contribution in [0.15, 0.2) is 47.7 Å². The molecule has 1 aromatic rings. The van der Waals surface area contributed by atoms with Crippen LogP contribution in [0.3, 0.4) is 0 Å². The molecule has 5 heteroatoms. The first-order valence-electron chi connectivity index (χ1n) is 7.50. The van der Waals surface area contributed by atoms with Gasteiger partial charge in [-0.25, -0.2) is 0 Å². The minimum atomic E-state index is -0.756. The summed E-state index contributed by atoms with van der Waals surface area (Å²) in [5.41, 5.74) is 1.99. The number of ether oxygens (including phenoxy) is 3. The molecule has 22 heavy (non-hydrogen) atoms. The molecule has 0 bridgehead atoms. The van der Waals surface area contributed by atoms with Gasteiger partial charge in [0.05, 0.1) is 13.2 Å². The topological polar surface area (TPSA) is 56.8 Å². The van der Waals surface area contributed by atoms with Gasteiger partial charge in [-0.2, -0.15) is 0 Å². The second kappa shape index (κ2) is 4.21. The zero-order valence-corrected chi connectivity index (χ0v) is 11.9. The number of hydrogen-bond donors (Lipinski definition) is 1. The summed E-state index contributed by atoms with van der Waals surface area (Å²) in [4.78, 5) is 12.7. The first-order chi connectivity index (χ1) is 10.8. The molecule has 3 heterocycles. The molecule has 3 unspecified atom stereocenters. The van der Waals surface area contributed by atoms with Gasteiger partial charge in [-0.1, -0.05) is 18.2 Å². The molecule has 1 aliphatic carbocycles. The van der Waals surface area contributed by atoms with Crippen LogP contribution >= 0.6 is 0 Å². The quantitative estimate of drug-likeness (QED) is 0.789. The maximum Gasteiger partial charge on any atom is 0.243 e. The number of nitrogens with one attached hydrogen (secondary N) is 1. The van der Waals surface area contributed by atoms with Crippen molar-refractivity contribution in [2.75, 3.05) is 25.1 Å². The molecule has 0 aromatic heterocycles. The van der Waals surface area contributed by atoms with Crippen molar-refractivity contribution in [1.29, 1.82) is 0 Å². The minimum Gasteiger partial charge on any atom is -0.492 e. The number of fused-ring (bicyclic) bond motifs is 5. The summed E-state index contributed by atoms with van der Waals surface area (Å²) in [6.45, 7) is 1.49. The maximum atomic E-state index is 12.7. The predicted octanol–water partition coefficient (Wildman–Crippen LogP) is 1.51. The maximum absolute atomic E-state index is 12.7. The van der Waals surface area contributed by atoms with Gasteiger partial charge < -0.3 is 19.5 Å². The van der Waals surface area contributed by atoms with Gasteiger partial charge in [-0.3, -0.25) is 4.79 Å². The van der Waals surface area contributed by atoms with Crippen molar-refractivity contribution in [3.05, 3.63) is 53.3 Å². The number of anilines is 1. The van der Waals surface area contributed by atoms with E-state index in [2.05, 4.69) is 5.32 Å². The lowest BCUT2D eigenvalue weighted by Gasteiger charge is -2.32. The molecular weight excluding hydrogens is 282 g/mol. The van der Waals surface area contributed by atoms with Crippen molar-refractivity contribution in [3.8, 4) is 0 Å². The van der Waals surface area contributed by atoms with Crippen LogP contribution in [0.2, 0.25) is 0 Å². The molecule has 2 saturated heterocycles. The second-order valence-electron chi connectivity index (χ2n) is 5.98. The number of allylic oxidation sites excluding steroid dienone is 1. The van der Waals surface area contributed by atoms with E-state index in [9.17, 15) is 4.79 Å². The molecule has 0 saturated carbocycles. The Labute approximate surface area is 127 Å². The highest BCUT2D eigenvalue weighted by atomic mass is 16.6. The average Bonchev–Trinajstić information content (AvgIpc) is 3.06. The van der Waals surface area contributed by atoms with Crippen molar-refractivity contribution in [2.24, 2.45) is 0 Å². The van der Waals surface area contributed by atoms with E-state index in [0.717, 1.165) is 22.6 Å². The van der Waals surface area contributed by atoms with Gasteiger partial charge >= 0.3 is 0 Å². The average molecular weight is 297 g/mol. The third-order valence-corrected chi connectivity index (χ3v) is 4.87. The van der Waals surface area contributed by atoms with Crippen LogP contribution in [0, 0.1) is 0 Å². The van der Waals surface area contributed by atoms with Crippen molar-refractivity contribution >= 4 is 11.6 Å². The third kappa shape index (κ3) is 1.42. The third-order valence-electron chi connectivity index (χ3n) is 4.87. The van der Waals surface area contributed by atoms with Gasteiger partial charge in [-0.05, 0) is 23.8 Å². The zero-order valence-electron chi connectivity index (χ0n) is 11.9. The van der Waals surface area contributed by atoms with Gasteiger partial charge in [-0.15, -0.1) is 0 Å². The molecule has 1 spiro atoms. The molecule has 1 aromatic carbocycles. The van der Waals surface area contributed by atoms with Crippen LogP contribution in [0.1, 0.15) is 5.56 Å². The zero-order chi connectivity index (χ0) is 14.7. The Morgan fingerprint density at radius 3 is 2.73 bits per heavy atom. The monoisotopic (exact) mass is 297 g/mol. The summed E-state index contributed by atoms with van der Waals surface area (Å²) in [6.07, 6.45) is 3.68. The van der Waals surface area contributed by atoms with E-state index in [0.29, 0.717) is 19.8 Å². The number of carbonyl (C=O) groups is 1. The lowest BCUT2D eigenvalue weighted by molar-refractivity contribution is -0.120. The second-order valence-corrected chi connectivity index (χ2v) is 5.98. The van der Waals surface area contributed by atoms with E-state index in [1.807, 2.05) is 36.4 Å². The molecule has 5 nitrogen and oxygen atoms in total. The highest BCUT2D eigenvalue weighted by Crippen LogP contribution is 2.51. The van der Waals surface area contributed by atoms with Crippen LogP contribution < -0.4 is 5.32 Å². The first-order valence-corrected chi connectivity index (χ1v) is 7.50. The molecule has 3 aliphatic heterocycles. The number of carbonyl (C=O) groups excluding carboxylic acids is 1. The molecule has 3 atom stereocenters. The summed E-state index contributed by atoms with van der Waals surface area (Å²) in [5, 5.41) is 2.98. The van der Waals surface area contributed by atoms with Gasteiger partial charge in [0, 0.05) is 11.3 Å². The SMILES string of the molecule is O=C1Nc2ccccc2C12COC1=CC3OCCOC3C=C12. The smallest absolute Gasteiger partial charge is 0.243 e. The van der Waals surface area contributed by atoms with Crippen LogP contribution in [-0.2, 0) is 24.4 Å². The van der Waals surface area contributed by atoms with E-state index in [-0.39, 0.29) is 18.1 Å². The number of hydrogen-bond acceptors (Lipinski definition) is 4. The molecule has 2 fully saturated rings. The summed E-state index contributed by atoms with van der Waals surface area (Å²) >= 11 is 0. The van der Waals surface area contributed by atoms with Gasteiger partial charge in [0.2, 0.25) is 5.91 Å². The fourth-order valence-electron chi connectivity index (χ4n) is 3.80. The number of amides is 1. The standard InChI is InChI=1S/C17H15NO4/c19-16-17(10-3-1-2-4-12(10)18-16)9-22-13-8-15-14(7-11(13)17)20-5-6-21-15/h1-4,7-8,14-15H,5-6,9H2,(H,18,19). The Kier molecular flexibility index (Phi) is 2.38. The fraction of sp³-hybridized carbons (Fsp3) is 0.353. The summed E-state index contributed by atoms with van der Waals surface area (Å²) < 4.78 is 17.4. The van der Waals surface area contributed by atoms with E-state index in [4.69, 9.17) is 14.2 Å². The lowest BCUT2D eigenvalue weighted by atomic mass is 9.74. The van der Waals surface area contributed by atoms with E-state index in [1.165, 1.54) is 0 Å². The minimum absolute atomic E-state index is 0.0291. The Morgan fingerprint density at radius 2 is 1.86 bits per heavy atom.